The van der Waals surface area contributed by atoms with Crippen LogP contribution in [0.15, 0.2) is 31.7 Å². The van der Waals surface area contributed by atoms with Gasteiger partial charge in [0.05, 0.1) is 11.6 Å². The molecule has 90 valence electrons. The highest BCUT2D eigenvalue weighted by molar-refractivity contribution is 9.11. The molecular formula is C11H11Br2N3O. The van der Waals surface area contributed by atoms with Crippen molar-refractivity contribution in [1.29, 1.82) is 0 Å². The molecule has 0 spiro atoms. The van der Waals surface area contributed by atoms with Gasteiger partial charge in [0.25, 0.3) is 5.89 Å². The lowest BCUT2D eigenvalue weighted by atomic mass is 10.2. The van der Waals surface area contributed by atoms with Crippen molar-refractivity contribution in [2.24, 2.45) is 5.73 Å². The second-order valence-electron chi connectivity index (χ2n) is 3.60. The smallest absolute Gasteiger partial charge is 0.259 e. The quantitative estimate of drug-likeness (QED) is 0.906. The Hall–Kier alpha value is -0.720. The first-order valence-electron chi connectivity index (χ1n) is 5.16. The van der Waals surface area contributed by atoms with Gasteiger partial charge in [-0.15, -0.1) is 0 Å². The highest BCUT2D eigenvalue weighted by atomic mass is 79.9. The molecule has 0 aliphatic rings. The SMILES string of the molecule is CCC(N)c1noc(-c2ccc(Br)cc2Br)n1. The Bertz CT molecular complexity index is 527. The predicted octanol–water partition coefficient (Wildman–Crippen LogP) is 3.67. The van der Waals surface area contributed by atoms with Crippen molar-refractivity contribution in [3.63, 3.8) is 0 Å². The molecule has 1 heterocycles. The number of hydrogen-bond donors (Lipinski definition) is 1. The zero-order chi connectivity index (χ0) is 12.4. The summed E-state index contributed by atoms with van der Waals surface area (Å²) in [7, 11) is 0. The van der Waals surface area contributed by atoms with Gasteiger partial charge >= 0.3 is 0 Å². The summed E-state index contributed by atoms with van der Waals surface area (Å²) in [6.45, 7) is 1.98. The molecule has 1 atom stereocenters. The van der Waals surface area contributed by atoms with Crippen molar-refractivity contribution >= 4 is 31.9 Å². The summed E-state index contributed by atoms with van der Waals surface area (Å²) in [5.41, 5.74) is 6.70. The van der Waals surface area contributed by atoms with E-state index >= 15 is 0 Å². The average molecular weight is 361 g/mol. The summed E-state index contributed by atoms with van der Waals surface area (Å²) in [5, 5.41) is 3.88. The largest absolute Gasteiger partial charge is 0.334 e. The zero-order valence-corrected chi connectivity index (χ0v) is 12.3. The average Bonchev–Trinajstić information content (AvgIpc) is 2.77. The minimum absolute atomic E-state index is 0.179. The number of nitrogens with zero attached hydrogens (tertiary/aromatic N) is 2. The van der Waals surface area contributed by atoms with Crippen LogP contribution in [0.1, 0.15) is 25.2 Å². The summed E-state index contributed by atoms with van der Waals surface area (Å²) in [6.07, 6.45) is 0.778. The first-order chi connectivity index (χ1) is 8.11. The van der Waals surface area contributed by atoms with Gasteiger partial charge in [0.15, 0.2) is 5.82 Å². The summed E-state index contributed by atoms with van der Waals surface area (Å²) >= 11 is 6.85. The van der Waals surface area contributed by atoms with E-state index in [0.717, 1.165) is 20.9 Å². The van der Waals surface area contributed by atoms with Crippen molar-refractivity contribution in [1.82, 2.24) is 10.1 Å². The highest BCUT2D eigenvalue weighted by Crippen LogP contribution is 2.30. The lowest BCUT2D eigenvalue weighted by Crippen LogP contribution is -2.10. The second kappa shape index (κ2) is 5.29. The highest BCUT2D eigenvalue weighted by Gasteiger charge is 2.15. The first kappa shape index (κ1) is 12.7. The van der Waals surface area contributed by atoms with E-state index in [2.05, 4.69) is 42.0 Å². The van der Waals surface area contributed by atoms with E-state index in [-0.39, 0.29) is 6.04 Å². The second-order valence-corrected chi connectivity index (χ2v) is 5.37. The zero-order valence-electron chi connectivity index (χ0n) is 9.15. The lowest BCUT2D eigenvalue weighted by Gasteiger charge is -2.00. The Morgan fingerprint density at radius 3 is 2.82 bits per heavy atom. The van der Waals surface area contributed by atoms with Crippen molar-refractivity contribution in [2.45, 2.75) is 19.4 Å². The van der Waals surface area contributed by atoms with Gasteiger partial charge in [-0.3, -0.25) is 0 Å². The Balaban J connectivity index is 2.37. The molecule has 2 N–H and O–H groups in total. The molecule has 6 heteroatoms. The molecule has 4 nitrogen and oxygen atoms in total. The van der Waals surface area contributed by atoms with Crippen LogP contribution in [-0.4, -0.2) is 10.1 Å². The van der Waals surface area contributed by atoms with Gasteiger partial charge in [-0.2, -0.15) is 4.98 Å². The number of rotatable bonds is 3. The Kier molecular flexibility index (Phi) is 3.96. The predicted molar refractivity (Wildman–Crippen MR) is 72.4 cm³/mol. The normalized spacial score (nSPS) is 12.7. The van der Waals surface area contributed by atoms with Gasteiger partial charge in [-0.1, -0.05) is 28.0 Å². The van der Waals surface area contributed by atoms with E-state index in [4.69, 9.17) is 10.3 Å². The van der Waals surface area contributed by atoms with Gasteiger partial charge in [-0.25, -0.2) is 0 Å². The number of benzene rings is 1. The number of hydrogen-bond acceptors (Lipinski definition) is 4. The summed E-state index contributed by atoms with van der Waals surface area (Å²) in [5.74, 6) is 1.01. The van der Waals surface area contributed by atoms with E-state index in [1.165, 1.54) is 0 Å². The molecule has 0 aliphatic heterocycles. The van der Waals surface area contributed by atoms with Crippen LogP contribution in [0.4, 0.5) is 0 Å². The molecular weight excluding hydrogens is 350 g/mol. The summed E-state index contributed by atoms with van der Waals surface area (Å²) in [4.78, 5) is 4.29. The maximum Gasteiger partial charge on any atom is 0.259 e. The van der Waals surface area contributed by atoms with Crippen LogP contribution in [0.25, 0.3) is 11.5 Å². The van der Waals surface area contributed by atoms with Crippen molar-refractivity contribution in [2.75, 3.05) is 0 Å². The van der Waals surface area contributed by atoms with Crippen LogP contribution in [0.3, 0.4) is 0 Å². The Morgan fingerprint density at radius 1 is 1.41 bits per heavy atom. The molecule has 17 heavy (non-hydrogen) atoms. The van der Waals surface area contributed by atoms with Crippen LogP contribution in [0, 0.1) is 0 Å². The fourth-order valence-corrected chi connectivity index (χ4v) is 2.56. The molecule has 0 bridgehead atoms. The van der Waals surface area contributed by atoms with Gasteiger partial charge < -0.3 is 10.3 Å². The first-order valence-corrected chi connectivity index (χ1v) is 6.75. The molecule has 2 rings (SSSR count). The van der Waals surface area contributed by atoms with Crippen molar-refractivity contribution in [3.8, 4) is 11.5 Å². The van der Waals surface area contributed by atoms with Crippen LogP contribution < -0.4 is 5.73 Å². The Morgan fingerprint density at radius 2 is 2.18 bits per heavy atom. The van der Waals surface area contributed by atoms with E-state index in [1.807, 2.05) is 25.1 Å². The fraction of sp³-hybridized carbons (Fsp3) is 0.273. The molecule has 1 aromatic carbocycles. The maximum absolute atomic E-state index is 5.84. The number of halogens is 2. The molecule has 2 aromatic rings. The van der Waals surface area contributed by atoms with Gasteiger partial charge in [0.2, 0.25) is 0 Å². The molecule has 0 saturated carbocycles. The topological polar surface area (TPSA) is 64.9 Å². The Labute approximate surface area is 116 Å². The van der Waals surface area contributed by atoms with Crippen LogP contribution in [0.2, 0.25) is 0 Å². The van der Waals surface area contributed by atoms with Gasteiger partial charge in [0, 0.05) is 8.95 Å². The molecule has 0 aliphatic carbocycles. The van der Waals surface area contributed by atoms with E-state index in [0.29, 0.717) is 11.7 Å². The molecule has 0 amide bonds. The monoisotopic (exact) mass is 359 g/mol. The molecule has 1 unspecified atom stereocenters. The third-order valence-electron chi connectivity index (χ3n) is 2.37. The van der Waals surface area contributed by atoms with E-state index in [9.17, 15) is 0 Å². The van der Waals surface area contributed by atoms with Crippen LogP contribution in [-0.2, 0) is 0 Å². The molecule has 1 aromatic heterocycles. The maximum atomic E-state index is 5.84. The van der Waals surface area contributed by atoms with Crippen LogP contribution >= 0.6 is 31.9 Å². The van der Waals surface area contributed by atoms with Crippen molar-refractivity contribution < 1.29 is 4.52 Å². The third kappa shape index (κ3) is 2.75. The number of aromatic nitrogens is 2. The molecule has 0 saturated heterocycles. The summed E-state index contributed by atoms with van der Waals surface area (Å²) < 4.78 is 7.09. The molecule has 0 radical (unpaired) electrons. The minimum atomic E-state index is -0.179. The standard InChI is InChI=1S/C11H11Br2N3O/c1-2-9(14)10-15-11(17-16-10)7-4-3-6(12)5-8(7)13/h3-5,9H,2,14H2,1H3. The summed E-state index contributed by atoms with van der Waals surface area (Å²) in [6, 6.07) is 5.58. The number of nitrogens with two attached hydrogens (primary N) is 1. The van der Waals surface area contributed by atoms with E-state index < -0.39 is 0 Å². The van der Waals surface area contributed by atoms with Crippen LogP contribution in [0.5, 0.6) is 0 Å². The van der Waals surface area contributed by atoms with Gasteiger partial charge in [0.1, 0.15) is 0 Å². The molecule has 0 fully saturated rings. The minimum Gasteiger partial charge on any atom is -0.334 e. The van der Waals surface area contributed by atoms with Crippen molar-refractivity contribution in [3.05, 3.63) is 33.0 Å². The van der Waals surface area contributed by atoms with Gasteiger partial charge in [-0.05, 0) is 40.5 Å². The fourth-order valence-electron chi connectivity index (χ4n) is 1.34. The van der Waals surface area contributed by atoms with E-state index in [1.54, 1.807) is 0 Å². The lowest BCUT2D eigenvalue weighted by molar-refractivity contribution is 0.415. The third-order valence-corrected chi connectivity index (χ3v) is 3.52.